The van der Waals surface area contributed by atoms with Gasteiger partial charge in [-0.3, -0.25) is 4.79 Å². The highest BCUT2D eigenvalue weighted by atomic mass is 32.2. The molecule has 0 radical (unpaired) electrons. The van der Waals surface area contributed by atoms with Crippen molar-refractivity contribution in [3.8, 4) is 0 Å². The maximum Gasteiger partial charge on any atom is 0.232 e. The summed E-state index contributed by atoms with van der Waals surface area (Å²) in [7, 11) is 0. The Hall–Kier alpha value is -2.27. The van der Waals surface area contributed by atoms with E-state index in [0.29, 0.717) is 11.8 Å². The van der Waals surface area contributed by atoms with E-state index in [-0.39, 0.29) is 5.91 Å². The highest BCUT2D eigenvalue weighted by Gasteiger charge is 2.26. The van der Waals surface area contributed by atoms with Gasteiger partial charge in [0, 0.05) is 25.6 Å². The minimum Gasteiger partial charge on any atom is -0.342 e. The van der Waals surface area contributed by atoms with Gasteiger partial charge >= 0.3 is 0 Å². The molecule has 1 fully saturated rings. The third kappa shape index (κ3) is 4.09. The maximum absolute atomic E-state index is 12.4. The summed E-state index contributed by atoms with van der Waals surface area (Å²) in [5, 5.41) is 0. The lowest BCUT2D eigenvalue weighted by atomic mass is 10.0. The number of carbonyl (C=O) groups excluding carboxylic acids is 1. The van der Waals surface area contributed by atoms with Crippen LogP contribution in [0.25, 0.3) is 11.0 Å². The van der Waals surface area contributed by atoms with Crippen LogP contribution in [-0.2, 0) is 11.2 Å². The average molecular weight is 394 g/mol. The zero-order valence-electron chi connectivity index (χ0n) is 16.4. The third-order valence-corrected chi connectivity index (χ3v) is 6.35. The number of para-hydroxylation sites is 2. The van der Waals surface area contributed by atoms with Crippen LogP contribution in [-0.4, -0.2) is 45.0 Å². The largest absolute Gasteiger partial charge is 0.342 e. The Morgan fingerprint density at radius 1 is 1.07 bits per heavy atom. The fourth-order valence-electron chi connectivity index (χ4n) is 4.06. The molecule has 5 heteroatoms. The number of imidazole rings is 1. The predicted molar refractivity (Wildman–Crippen MR) is 117 cm³/mol. The number of thioether (sulfide) groups is 1. The summed E-state index contributed by atoms with van der Waals surface area (Å²) >= 11 is 1.71. The minimum absolute atomic E-state index is 0.283. The van der Waals surface area contributed by atoms with E-state index in [0.717, 1.165) is 49.4 Å². The Labute approximate surface area is 170 Å². The molecule has 0 N–H and O–H groups in total. The number of amides is 1. The van der Waals surface area contributed by atoms with Gasteiger partial charge < -0.3 is 9.47 Å². The van der Waals surface area contributed by atoms with Crippen molar-refractivity contribution >= 4 is 28.7 Å². The second kappa shape index (κ2) is 8.82. The Balaban J connectivity index is 1.56. The lowest BCUT2D eigenvalue weighted by Crippen LogP contribution is -2.40. The van der Waals surface area contributed by atoms with E-state index in [2.05, 4.69) is 66.1 Å². The van der Waals surface area contributed by atoms with Crippen LogP contribution < -0.4 is 0 Å². The summed E-state index contributed by atoms with van der Waals surface area (Å²) in [5.41, 5.74) is 3.55. The first-order valence-electron chi connectivity index (χ1n) is 10.1. The fraction of sp³-hybridized carbons (Fsp3) is 0.391. The summed E-state index contributed by atoms with van der Waals surface area (Å²) < 4.78 is 2.44. The zero-order valence-corrected chi connectivity index (χ0v) is 17.2. The van der Waals surface area contributed by atoms with Gasteiger partial charge in [-0.1, -0.05) is 49.4 Å². The molecule has 1 amide bonds. The molecular formula is C23H27N3OS. The number of likely N-dealkylation sites (tertiary alicyclic amines) is 1. The van der Waals surface area contributed by atoms with Gasteiger partial charge in [-0.2, -0.15) is 11.8 Å². The molecule has 4 nitrogen and oxygen atoms in total. The van der Waals surface area contributed by atoms with Gasteiger partial charge in [0.05, 0.1) is 16.8 Å². The molecule has 0 bridgehead atoms. The number of carbonyl (C=O) groups is 1. The van der Waals surface area contributed by atoms with Gasteiger partial charge in [0.15, 0.2) is 0 Å². The van der Waals surface area contributed by atoms with Gasteiger partial charge in [-0.25, -0.2) is 4.98 Å². The lowest BCUT2D eigenvalue weighted by Gasteiger charge is -2.33. The molecule has 4 rings (SSSR count). The van der Waals surface area contributed by atoms with E-state index in [1.54, 1.807) is 11.8 Å². The Bertz CT molecular complexity index is 929. The average Bonchev–Trinajstić information content (AvgIpc) is 3.10. The van der Waals surface area contributed by atoms with E-state index in [9.17, 15) is 4.79 Å². The molecule has 0 aliphatic carbocycles. The third-order valence-electron chi connectivity index (χ3n) is 5.49. The molecule has 2 aromatic carbocycles. The molecule has 0 unspecified atom stereocenters. The highest BCUT2D eigenvalue weighted by molar-refractivity contribution is 7.99. The lowest BCUT2D eigenvalue weighted by molar-refractivity contribution is -0.129. The summed E-state index contributed by atoms with van der Waals surface area (Å²) in [6.07, 6.45) is 2.82. The SMILES string of the molecule is CCSCC(=O)N1CCC(n2c(Cc3ccccc3)nc3ccccc32)CC1. The molecule has 1 saturated heterocycles. The second-order valence-electron chi connectivity index (χ2n) is 7.30. The quantitative estimate of drug-likeness (QED) is 0.617. The summed E-state index contributed by atoms with van der Waals surface area (Å²) in [6, 6.07) is 19.4. The van der Waals surface area contributed by atoms with Crippen LogP contribution >= 0.6 is 11.8 Å². The van der Waals surface area contributed by atoms with E-state index >= 15 is 0 Å². The number of fused-ring (bicyclic) bond motifs is 1. The molecule has 3 aromatic rings. The predicted octanol–water partition coefficient (Wildman–Crippen LogP) is 4.54. The molecule has 1 aromatic heterocycles. The van der Waals surface area contributed by atoms with Crippen molar-refractivity contribution in [2.75, 3.05) is 24.6 Å². The molecular weight excluding hydrogens is 366 g/mol. The number of benzene rings is 2. The van der Waals surface area contributed by atoms with Crippen molar-refractivity contribution in [1.82, 2.24) is 14.5 Å². The van der Waals surface area contributed by atoms with E-state index in [1.165, 1.54) is 11.1 Å². The summed E-state index contributed by atoms with van der Waals surface area (Å²) in [5.74, 6) is 3.00. The van der Waals surface area contributed by atoms with Crippen molar-refractivity contribution in [3.63, 3.8) is 0 Å². The van der Waals surface area contributed by atoms with Crippen molar-refractivity contribution in [2.24, 2.45) is 0 Å². The van der Waals surface area contributed by atoms with Crippen molar-refractivity contribution in [1.29, 1.82) is 0 Å². The zero-order chi connectivity index (χ0) is 19.3. The van der Waals surface area contributed by atoms with Gasteiger partial charge in [0.1, 0.15) is 5.82 Å². The monoisotopic (exact) mass is 393 g/mol. The van der Waals surface area contributed by atoms with E-state index < -0.39 is 0 Å². The Morgan fingerprint density at radius 3 is 2.54 bits per heavy atom. The summed E-state index contributed by atoms with van der Waals surface area (Å²) in [6.45, 7) is 3.78. The number of aromatic nitrogens is 2. The number of rotatable bonds is 6. The number of hydrogen-bond acceptors (Lipinski definition) is 3. The standard InChI is InChI=1S/C23H27N3OS/c1-2-28-17-23(27)25-14-12-19(13-15-25)26-21-11-7-6-10-20(21)24-22(26)16-18-8-4-3-5-9-18/h3-11,19H,2,12-17H2,1H3. The molecule has 1 aliphatic heterocycles. The smallest absolute Gasteiger partial charge is 0.232 e. The van der Waals surface area contributed by atoms with E-state index in [4.69, 9.17) is 4.98 Å². The van der Waals surface area contributed by atoms with Gasteiger partial charge in [0.2, 0.25) is 5.91 Å². The van der Waals surface area contributed by atoms with Gasteiger partial charge in [0.25, 0.3) is 0 Å². The molecule has 1 aliphatic rings. The van der Waals surface area contributed by atoms with Crippen LogP contribution in [0, 0.1) is 0 Å². The first kappa shape index (κ1) is 19.1. The van der Waals surface area contributed by atoms with Crippen LogP contribution in [0.15, 0.2) is 54.6 Å². The van der Waals surface area contributed by atoms with Crippen LogP contribution in [0.2, 0.25) is 0 Å². The Morgan fingerprint density at radius 2 is 1.79 bits per heavy atom. The molecule has 146 valence electrons. The topological polar surface area (TPSA) is 38.1 Å². The van der Waals surface area contributed by atoms with Crippen LogP contribution in [0.4, 0.5) is 0 Å². The Kier molecular flexibility index (Phi) is 6.01. The summed E-state index contributed by atoms with van der Waals surface area (Å²) in [4.78, 5) is 19.4. The number of hydrogen-bond donors (Lipinski definition) is 0. The van der Waals surface area contributed by atoms with Gasteiger partial charge in [-0.05, 0) is 36.3 Å². The number of nitrogens with zero attached hydrogens (tertiary/aromatic N) is 3. The first-order valence-corrected chi connectivity index (χ1v) is 11.3. The normalized spacial score (nSPS) is 15.2. The van der Waals surface area contributed by atoms with Gasteiger partial charge in [-0.15, -0.1) is 0 Å². The molecule has 0 atom stereocenters. The molecule has 0 spiro atoms. The molecule has 28 heavy (non-hydrogen) atoms. The van der Waals surface area contributed by atoms with Crippen LogP contribution in [0.5, 0.6) is 0 Å². The van der Waals surface area contributed by atoms with Crippen molar-refractivity contribution in [3.05, 3.63) is 66.0 Å². The maximum atomic E-state index is 12.4. The number of piperidine rings is 1. The molecule has 2 heterocycles. The van der Waals surface area contributed by atoms with Crippen LogP contribution in [0.1, 0.15) is 37.2 Å². The van der Waals surface area contributed by atoms with Crippen molar-refractivity contribution in [2.45, 2.75) is 32.2 Å². The highest BCUT2D eigenvalue weighted by Crippen LogP contribution is 2.30. The second-order valence-corrected chi connectivity index (χ2v) is 8.57. The molecule has 0 saturated carbocycles. The van der Waals surface area contributed by atoms with Crippen LogP contribution in [0.3, 0.4) is 0 Å². The fourth-order valence-corrected chi connectivity index (χ4v) is 4.62. The minimum atomic E-state index is 0.283. The first-order chi connectivity index (χ1) is 13.8. The van der Waals surface area contributed by atoms with Crippen molar-refractivity contribution < 1.29 is 4.79 Å². The van der Waals surface area contributed by atoms with E-state index in [1.807, 2.05) is 4.90 Å².